The van der Waals surface area contributed by atoms with Gasteiger partial charge in [-0.2, -0.15) is 5.10 Å². The highest BCUT2D eigenvalue weighted by Crippen LogP contribution is 2.24. The largest absolute Gasteiger partial charge is 0.361 e. The van der Waals surface area contributed by atoms with Crippen LogP contribution >= 0.6 is 11.6 Å². The van der Waals surface area contributed by atoms with Gasteiger partial charge in [0.25, 0.3) is 5.69 Å². The summed E-state index contributed by atoms with van der Waals surface area (Å²) in [6.07, 6.45) is 3.29. The van der Waals surface area contributed by atoms with Crippen molar-refractivity contribution in [3.05, 3.63) is 74.9 Å². The van der Waals surface area contributed by atoms with Crippen LogP contribution < -0.4 is 5.43 Å². The van der Waals surface area contributed by atoms with Gasteiger partial charge in [-0.25, -0.2) is 5.43 Å². The first kappa shape index (κ1) is 16.7. The minimum Gasteiger partial charge on any atom is -0.361 e. The molecule has 8 heteroatoms. The third kappa shape index (κ3) is 3.84. The molecule has 2 aromatic carbocycles. The third-order valence-corrected chi connectivity index (χ3v) is 3.92. The second-order valence-corrected chi connectivity index (χ2v) is 5.70. The van der Waals surface area contributed by atoms with Crippen molar-refractivity contribution < 1.29 is 9.72 Å². The van der Waals surface area contributed by atoms with Crippen LogP contribution in [0.5, 0.6) is 0 Å². The average molecular weight is 357 g/mol. The van der Waals surface area contributed by atoms with Crippen molar-refractivity contribution in [1.82, 2.24) is 10.4 Å². The molecule has 3 aromatic rings. The smallest absolute Gasteiger partial charge is 0.288 e. The second-order valence-electron chi connectivity index (χ2n) is 5.30. The third-order valence-electron chi connectivity index (χ3n) is 3.60. The zero-order chi connectivity index (χ0) is 17.8. The Morgan fingerprint density at radius 2 is 2.12 bits per heavy atom. The lowest BCUT2D eigenvalue weighted by molar-refractivity contribution is -0.384. The molecular weight excluding hydrogens is 344 g/mol. The Hall–Kier alpha value is -3.19. The van der Waals surface area contributed by atoms with E-state index in [2.05, 4.69) is 15.5 Å². The van der Waals surface area contributed by atoms with Crippen molar-refractivity contribution in [2.75, 3.05) is 0 Å². The van der Waals surface area contributed by atoms with Gasteiger partial charge in [-0.3, -0.25) is 14.9 Å². The number of carbonyl (C=O) groups is 1. The molecule has 0 aliphatic rings. The standard InChI is InChI=1S/C17H13ClN4O3/c18-14-6-5-11(7-16(14)22(24)25)9-20-21-17(23)8-12-10-19-15-4-2-1-3-13(12)15/h1-7,9-10,19H,8H2,(H,21,23)/b20-9+. The molecule has 0 radical (unpaired) electrons. The fourth-order valence-corrected chi connectivity index (χ4v) is 2.61. The lowest BCUT2D eigenvalue weighted by Crippen LogP contribution is -2.19. The highest BCUT2D eigenvalue weighted by Gasteiger charge is 2.12. The molecule has 25 heavy (non-hydrogen) atoms. The van der Waals surface area contributed by atoms with Gasteiger partial charge in [0, 0.05) is 28.7 Å². The summed E-state index contributed by atoms with van der Waals surface area (Å²) in [7, 11) is 0. The topological polar surface area (TPSA) is 100 Å². The Bertz CT molecular complexity index is 981. The van der Waals surface area contributed by atoms with Crippen LogP contribution in [0.2, 0.25) is 5.02 Å². The van der Waals surface area contributed by atoms with Gasteiger partial charge in [-0.15, -0.1) is 0 Å². The SMILES string of the molecule is O=C(Cc1c[nH]c2ccccc12)N/N=C/c1ccc(Cl)c([N+](=O)[O-])c1. The van der Waals surface area contributed by atoms with Crippen molar-refractivity contribution in [2.24, 2.45) is 5.10 Å². The van der Waals surface area contributed by atoms with Crippen molar-refractivity contribution in [3.63, 3.8) is 0 Å². The van der Waals surface area contributed by atoms with E-state index in [-0.39, 0.29) is 23.0 Å². The van der Waals surface area contributed by atoms with E-state index in [9.17, 15) is 14.9 Å². The number of hydrogen-bond donors (Lipinski definition) is 2. The molecule has 7 nitrogen and oxygen atoms in total. The summed E-state index contributed by atoms with van der Waals surface area (Å²) in [5.41, 5.74) is 4.49. The molecule has 3 rings (SSSR count). The number of halogens is 1. The Morgan fingerprint density at radius 1 is 1.32 bits per heavy atom. The van der Waals surface area contributed by atoms with E-state index in [0.29, 0.717) is 5.56 Å². The number of fused-ring (bicyclic) bond motifs is 1. The molecule has 0 unspecified atom stereocenters. The Morgan fingerprint density at radius 3 is 2.92 bits per heavy atom. The lowest BCUT2D eigenvalue weighted by Gasteiger charge is -2.00. The number of rotatable bonds is 5. The monoisotopic (exact) mass is 356 g/mol. The van der Waals surface area contributed by atoms with Crippen LogP contribution in [0.3, 0.4) is 0 Å². The first-order valence-corrected chi connectivity index (χ1v) is 7.73. The number of amides is 1. The van der Waals surface area contributed by atoms with E-state index >= 15 is 0 Å². The zero-order valence-corrected chi connectivity index (χ0v) is 13.7. The van der Waals surface area contributed by atoms with Crippen LogP contribution in [0.4, 0.5) is 5.69 Å². The maximum Gasteiger partial charge on any atom is 0.288 e. The van der Waals surface area contributed by atoms with E-state index in [1.807, 2.05) is 24.3 Å². The first-order valence-electron chi connectivity index (χ1n) is 7.35. The van der Waals surface area contributed by atoms with Crippen molar-refractivity contribution >= 4 is 40.3 Å². The fourth-order valence-electron chi connectivity index (χ4n) is 2.42. The van der Waals surface area contributed by atoms with Gasteiger partial charge in [-0.1, -0.05) is 35.9 Å². The number of aromatic amines is 1. The van der Waals surface area contributed by atoms with Crippen molar-refractivity contribution in [3.8, 4) is 0 Å². The summed E-state index contributed by atoms with van der Waals surface area (Å²) in [4.78, 5) is 25.4. The molecule has 0 saturated heterocycles. The minimum absolute atomic E-state index is 0.0468. The van der Waals surface area contributed by atoms with E-state index in [1.165, 1.54) is 18.3 Å². The van der Waals surface area contributed by atoms with Gasteiger partial charge in [0.15, 0.2) is 0 Å². The Balaban J connectivity index is 1.65. The van der Waals surface area contributed by atoms with Gasteiger partial charge >= 0.3 is 0 Å². The number of carbonyl (C=O) groups excluding carboxylic acids is 1. The molecule has 126 valence electrons. The van der Waals surface area contributed by atoms with Crippen LogP contribution in [-0.4, -0.2) is 22.0 Å². The van der Waals surface area contributed by atoms with Gasteiger partial charge in [0.2, 0.25) is 5.91 Å². The Labute approximate surface area is 147 Å². The number of H-pyrrole nitrogens is 1. The molecule has 1 aromatic heterocycles. The maximum absolute atomic E-state index is 12.0. The Kier molecular flexibility index (Phi) is 4.76. The van der Waals surface area contributed by atoms with E-state index in [1.54, 1.807) is 12.3 Å². The first-order chi connectivity index (χ1) is 12.0. The van der Waals surface area contributed by atoms with Crippen molar-refractivity contribution in [2.45, 2.75) is 6.42 Å². The molecule has 0 saturated carbocycles. The van der Waals surface area contributed by atoms with E-state index < -0.39 is 4.92 Å². The number of aromatic nitrogens is 1. The summed E-state index contributed by atoms with van der Waals surface area (Å²) in [6.45, 7) is 0. The summed E-state index contributed by atoms with van der Waals surface area (Å²) in [6, 6.07) is 12.0. The second kappa shape index (κ2) is 7.14. The summed E-state index contributed by atoms with van der Waals surface area (Å²) >= 11 is 5.74. The molecule has 0 spiro atoms. The van der Waals surface area contributed by atoms with Gasteiger partial charge in [0.1, 0.15) is 5.02 Å². The number of nitrogens with one attached hydrogen (secondary N) is 2. The molecular formula is C17H13ClN4O3. The van der Waals surface area contributed by atoms with E-state index in [4.69, 9.17) is 11.6 Å². The number of hydrogen-bond acceptors (Lipinski definition) is 4. The molecule has 0 atom stereocenters. The molecule has 0 fully saturated rings. The van der Waals surface area contributed by atoms with Crippen molar-refractivity contribution in [1.29, 1.82) is 0 Å². The fraction of sp³-hybridized carbons (Fsp3) is 0.0588. The van der Waals surface area contributed by atoms with E-state index in [0.717, 1.165) is 16.5 Å². The zero-order valence-electron chi connectivity index (χ0n) is 12.9. The van der Waals surface area contributed by atoms with Gasteiger partial charge in [-0.05, 0) is 17.7 Å². The quantitative estimate of drug-likeness (QED) is 0.416. The summed E-state index contributed by atoms with van der Waals surface area (Å²) in [5, 5.41) is 15.7. The number of nitrogens with zero attached hydrogens (tertiary/aromatic N) is 2. The maximum atomic E-state index is 12.0. The normalized spacial score (nSPS) is 11.1. The molecule has 0 bridgehead atoms. The highest BCUT2D eigenvalue weighted by atomic mass is 35.5. The highest BCUT2D eigenvalue weighted by molar-refractivity contribution is 6.32. The summed E-state index contributed by atoms with van der Waals surface area (Å²) in [5.74, 6) is -0.288. The molecule has 1 heterocycles. The number of benzene rings is 2. The number of hydrazone groups is 1. The van der Waals surface area contributed by atoms with Gasteiger partial charge < -0.3 is 4.98 Å². The number of nitro groups is 1. The van der Waals surface area contributed by atoms with Gasteiger partial charge in [0.05, 0.1) is 17.6 Å². The predicted octanol–water partition coefficient (Wildman–Crippen LogP) is 3.42. The molecule has 0 aliphatic heterocycles. The average Bonchev–Trinajstić information content (AvgIpc) is 2.99. The number of nitro benzene ring substituents is 1. The molecule has 1 amide bonds. The predicted molar refractivity (Wildman–Crippen MR) is 95.8 cm³/mol. The van der Waals surface area contributed by atoms with Crippen LogP contribution in [0.15, 0.2) is 53.8 Å². The van der Waals surface area contributed by atoms with Crippen LogP contribution in [0.25, 0.3) is 10.9 Å². The lowest BCUT2D eigenvalue weighted by atomic mass is 10.1. The van der Waals surface area contributed by atoms with Crippen LogP contribution in [-0.2, 0) is 11.2 Å². The van der Waals surface area contributed by atoms with Crippen LogP contribution in [0, 0.1) is 10.1 Å². The molecule has 2 N–H and O–H groups in total. The summed E-state index contributed by atoms with van der Waals surface area (Å²) < 4.78 is 0. The molecule has 0 aliphatic carbocycles. The number of para-hydroxylation sites is 1. The van der Waals surface area contributed by atoms with Crippen LogP contribution in [0.1, 0.15) is 11.1 Å². The minimum atomic E-state index is -0.574.